The van der Waals surface area contributed by atoms with E-state index in [9.17, 15) is 10.2 Å². The Morgan fingerprint density at radius 3 is 2.47 bits per heavy atom. The predicted octanol–water partition coefficient (Wildman–Crippen LogP) is 0.500. The molecule has 1 aromatic heterocycles. The molecule has 0 aliphatic carbocycles. The van der Waals surface area contributed by atoms with Crippen LogP contribution in [-0.4, -0.2) is 42.8 Å². The summed E-state index contributed by atoms with van der Waals surface area (Å²) < 4.78 is 0. The average molecular weight is 255 g/mol. The van der Waals surface area contributed by atoms with Crippen molar-refractivity contribution in [2.24, 2.45) is 0 Å². The molecule has 2 atom stereocenters. The summed E-state index contributed by atoms with van der Waals surface area (Å²) in [5.74, 6) is 0.456. The number of rotatable bonds is 4. The van der Waals surface area contributed by atoms with Crippen LogP contribution in [0.25, 0.3) is 11.4 Å². The summed E-state index contributed by atoms with van der Waals surface area (Å²) in [7, 11) is 0. The number of aliphatic hydroxyl groups is 2. The molecule has 2 aromatic rings. The topological polar surface area (TPSA) is 94.9 Å². The molecule has 0 saturated carbocycles. The average Bonchev–Trinajstić information content (AvgIpc) is 2.91. The standard InChI is InChI=1S/C10H11ClN4O2/c11-5-8(16)9(17)6-1-3-7(4-2-6)10-12-14-15-13-10/h1-4,8-9,16-17H,5H2,(H,12,13,14,15). The number of alkyl halides is 1. The summed E-state index contributed by atoms with van der Waals surface area (Å²) in [6.45, 7) is 0. The minimum Gasteiger partial charge on any atom is -0.389 e. The van der Waals surface area contributed by atoms with Gasteiger partial charge in [-0.1, -0.05) is 24.3 Å². The van der Waals surface area contributed by atoms with Crippen molar-refractivity contribution in [1.29, 1.82) is 0 Å². The molecule has 0 bridgehead atoms. The molecule has 0 radical (unpaired) electrons. The number of halogens is 1. The second kappa shape index (κ2) is 5.22. The fraction of sp³-hybridized carbons (Fsp3) is 0.300. The highest BCUT2D eigenvalue weighted by Crippen LogP contribution is 2.21. The van der Waals surface area contributed by atoms with Crippen LogP contribution in [0.3, 0.4) is 0 Å². The van der Waals surface area contributed by atoms with Crippen molar-refractivity contribution in [3.63, 3.8) is 0 Å². The van der Waals surface area contributed by atoms with E-state index in [0.29, 0.717) is 11.4 Å². The smallest absolute Gasteiger partial charge is 0.204 e. The molecule has 1 heterocycles. The second-order valence-corrected chi connectivity index (χ2v) is 3.83. The highest BCUT2D eigenvalue weighted by molar-refractivity contribution is 6.18. The summed E-state index contributed by atoms with van der Waals surface area (Å²) >= 11 is 5.47. The predicted molar refractivity (Wildman–Crippen MR) is 61.3 cm³/mol. The molecule has 0 spiro atoms. The monoisotopic (exact) mass is 254 g/mol. The Hall–Kier alpha value is -1.50. The third-order valence-corrected chi connectivity index (χ3v) is 2.69. The Balaban J connectivity index is 2.18. The lowest BCUT2D eigenvalue weighted by atomic mass is 10.0. The molecule has 2 rings (SSSR count). The Kier molecular flexibility index (Phi) is 3.68. The SMILES string of the molecule is OC(CCl)C(O)c1ccc(-c2nn[nH]n2)cc1. The number of benzene rings is 1. The fourth-order valence-electron chi connectivity index (χ4n) is 1.42. The lowest BCUT2D eigenvalue weighted by molar-refractivity contribution is 0.0327. The van der Waals surface area contributed by atoms with Gasteiger partial charge in [-0.2, -0.15) is 5.21 Å². The largest absolute Gasteiger partial charge is 0.389 e. The summed E-state index contributed by atoms with van der Waals surface area (Å²) in [6, 6.07) is 6.85. The molecule has 7 heteroatoms. The Morgan fingerprint density at radius 1 is 1.24 bits per heavy atom. The van der Waals surface area contributed by atoms with Gasteiger partial charge in [0, 0.05) is 5.56 Å². The van der Waals surface area contributed by atoms with Crippen LogP contribution in [0.1, 0.15) is 11.7 Å². The molecule has 0 fully saturated rings. The fourth-order valence-corrected chi connectivity index (χ4v) is 1.59. The van der Waals surface area contributed by atoms with Gasteiger partial charge in [0.15, 0.2) is 0 Å². The Morgan fingerprint density at radius 2 is 1.94 bits per heavy atom. The normalized spacial score (nSPS) is 14.5. The maximum Gasteiger partial charge on any atom is 0.204 e. The van der Waals surface area contributed by atoms with Crippen LogP contribution >= 0.6 is 11.6 Å². The molecule has 3 N–H and O–H groups in total. The highest BCUT2D eigenvalue weighted by Gasteiger charge is 2.17. The van der Waals surface area contributed by atoms with E-state index in [2.05, 4.69) is 20.6 Å². The first-order valence-electron chi connectivity index (χ1n) is 4.98. The van der Waals surface area contributed by atoms with Crippen molar-refractivity contribution in [2.45, 2.75) is 12.2 Å². The van der Waals surface area contributed by atoms with Gasteiger partial charge in [-0.15, -0.1) is 21.8 Å². The lowest BCUT2D eigenvalue weighted by Crippen LogP contribution is -2.19. The lowest BCUT2D eigenvalue weighted by Gasteiger charge is -2.15. The van der Waals surface area contributed by atoms with E-state index < -0.39 is 12.2 Å². The maximum absolute atomic E-state index is 9.73. The van der Waals surface area contributed by atoms with Crippen molar-refractivity contribution in [3.05, 3.63) is 29.8 Å². The Labute approximate surface area is 102 Å². The van der Waals surface area contributed by atoms with Crippen molar-refractivity contribution in [1.82, 2.24) is 20.6 Å². The number of hydrogen-bond acceptors (Lipinski definition) is 5. The van der Waals surface area contributed by atoms with Crippen molar-refractivity contribution in [3.8, 4) is 11.4 Å². The molecular formula is C10H11ClN4O2. The zero-order chi connectivity index (χ0) is 12.3. The maximum atomic E-state index is 9.73. The zero-order valence-electron chi connectivity index (χ0n) is 8.79. The van der Waals surface area contributed by atoms with Gasteiger partial charge in [0.1, 0.15) is 6.10 Å². The summed E-state index contributed by atoms with van der Waals surface area (Å²) in [5.41, 5.74) is 1.36. The van der Waals surface area contributed by atoms with Gasteiger partial charge in [0.2, 0.25) is 5.82 Å². The zero-order valence-corrected chi connectivity index (χ0v) is 9.54. The van der Waals surface area contributed by atoms with E-state index in [1.165, 1.54) is 0 Å². The first-order valence-corrected chi connectivity index (χ1v) is 5.51. The number of aromatic amines is 1. The minimum absolute atomic E-state index is 0.0201. The molecule has 0 aliphatic heterocycles. The third-order valence-electron chi connectivity index (χ3n) is 2.38. The third kappa shape index (κ3) is 2.60. The summed E-state index contributed by atoms with van der Waals surface area (Å²) in [5, 5.41) is 32.6. The Bertz CT molecular complexity index is 460. The van der Waals surface area contributed by atoms with Gasteiger partial charge in [0.05, 0.1) is 12.0 Å². The van der Waals surface area contributed by atoms with Crippen LogP contribution in [0.15, 0.2) is 24.3 Å². The van der Waals surface area contributed by atoms with Crippen molar-refractivity contribution >= 4 is 11.6 Å². The molecule has 17 heavy (non-hydrogen) atoms. The molecule has 90 valence electrons. The molecule has 2 unspecified atom stereocenters. The van der Waals surface area contributed by atoms with Crippen LogP contribution in [-0.2, 0) is 0 Å². The van der Waals surface area contributed by atoms with Gasteiger partial charge >= 0.3 is 0 Å². The van der Waals surface area contributed by atoms with Gasteiger partial charge < -0.3 is 10.2 Å². The molecule has 0 aliphatic rings. The van der Waals surface area contributed by atoms with E-state index in [1.807, 2.05) is 0 Å². The summed E-state index contributed by atoms with van der Waals surface area (Å²) in [4.78, 5) is 0. The molecule has 0 amide bonds. The van der Waals surface area contributed by atoms with E-state index >= 15 is 0 Å². The number of aromatic nitrogens is 4. The van der Waals surface area contributed by atoms with E-state index in [0.717, 1.165) is 5.56 Å². The summed E-state index contributed by atoms with van der Waals surface area (Å²) in [6.07, 6.45) is -1.97. The first-order chi connectivity index (χ1) is 8.22. The molecule has 0 saturated heterocycles. The van der Waals surface area contributed by atoms with Crippen LogP contribution in [0.4, 0.5) is 0 Å². The van der Waals surface area contributed by atoms with Crippen LogP contribution in [0.5, 0.6) is 0 Å². The van der Waals surface area contributed by atoms with Crippen molar-refractivity contribution < 1.29 is 10.2 Å². The molecule has 6 nitrogen and oxygen atoms in total. The minimum atomic E-state index is -0.994. The second-order valence-electron chi connectivity index (χ2n) is 3.52. The quantitative estimate of drug-likeness (QED) is 0.691. The molecule has 1 aromatic carbocycles. The van der Waals surface area contributed by atoms with Gasteiger partial charge in [0.25, 0.3) is 0 Å². The number of aliphatic hydroxyl groups excluding tert-OH is 2. The van der Waals surface area contributed by atoms with Crippen LogP contribution < -0.4 is 0 Å². The van der Waals surface area contributed by atoms with E-state index in [-0.39, 0.29) is 5.88 Å². The van der Waals surface area contributed by atoms with E-state index in [4.69, 9.17) is 11.6 Å². The van der Waals surface area contributed by atoms with Gasteiger partial charge in [-0.3, -0.25) is 0 Å². The number of H-pyrrole nitrogens is 1. The van der Waals surface area contributed by atoms with Crippen molar-refractivity contribution in [2.75, 3.05) is 5.88 Å². The number of nitrogens with one attached hydrogen (secondary N) is 1. The number of nitrogens with zero attached hydrogens (tertiary/aromatic N) is 3. The van der Waals surface area contributed by atoms with Crippen LogP contribution in [0.2, 0.25) is 0 Å². The number of hydrogen-bond donors (Lipinski definition) is 3. The van der Waals surface area contributed by atoms with Gasteiger partial charge in [-0.05, 0) is 10.8 Å². The highest BCUT2D eigenvalue weighted by atomic mass is 35.5. The van der Waals surface area contributed by atoms with E-state index in [1.54, 1.807) is 24.3 Å². The molecular weight excluding hydrogens is 244 g/mol. The first kappa shape index (κ1) is 12.0. The van der Waals surface area contributed by atoms with Crippen LogP contribution in [0, 0.1) is 0 Å². The number of tetrazole rings is 1. The van der Waals surface area contributed by atoms with Gasteiger partial charge in [-0.25, -0.2) is 0 Å².